The highest BCUT2D eigenvalue weighted by atomic mass is 16.1. The molecule has 0 aliphatic carbocycles. The van der Waals surface area contributed by atoms with Crippen LogP contribution < -0.4 is 5.69 Å². The van der Waals surface area contributed by atoms with Crippen molar-refractivity contribution in [2.45, 2.75) is 60.0 Å². The first-order valence-corrected chi connectivity index (χ1v) is 11.6. The summed E-state index contributed by atoms with van der Waals surface area (Å²) in [6, 6.07) is 12.2. The topological polar surface area (TPSA) is 94.3 Å². The van der Waals surface area contributed by atoms with E-state index in [-0.39, 0.29) is 5.69 Å². The van der Waals surface area contributed by atoms with E-state index in [1.165, 1.54) is 0 Å². The van der Waals surface area contributed by atoms with Crippen LogP contribution in [0, 0.1) is 12.8 Å². The van der Waals surface area contributed by atoms with Crippen molar-refractivity contribution < 1.29 is 0 Å². The van der Waals surface area contributed by atoms with E-state index in [1.54, 1.807) is 6.20 Å². The first kappa shape index (κ1) is 22.6. The quantitative estimate of drug-likeness (QED) is 0.416. The Morgan fingerprint density at radius 1 is 1.09 bits per heavy atom. The lowest BCUT2D eigenvalue weighted by Gasteiger charge is -2.10. The number of aromatic nitrogens is 7. The molecule has 33 heavy (non-hydrogen) atoms. The SMILES string of the molecule is CCCCc1c(C)n(CC(C)C)c(=O)n1Cc1ccc(-c2cccnc2-c2nnn[nH]2)cc1. The average Bonchev–Trinajstić information content (AvgIpc) is 3.42. The van der Waals surface area contributed by atoms with Gasteiger partial charge in [-0.15, -0.1) is 5.10 Å². The van der Waals surface area contributed by atoms with Crippen molar-refractivity contribution in [2.75, 3.05) is 0 Å². The molecule has 0 amide bonds. The van der Waals surface area contributed by atoms with Crippen LogP contribution >= 0.6 is 0 Å². The lowest BCUT2D eigenvalue weighted by Crippen LogP contribution is -2.27. The normalized spacial score (nSPS) is 11.4. The molecule has 4 rings (SSSR count). The fraction of sp³-hybridized carbons (Fsp3) is 0.400. The molecule has 172 valence electrons. The molecule has 0 saturated heterocycles. The van der Waals surface area contributed by atoms with Gasteiger partial charge in [0.15, 0.2) is 5.82 Å². The van der Waals surface area contributed by atoms with E-state index in [2.05, 4.69) is 77.6 Å². The van der Waals surface area contributed by atoms with Crippen molar-refractivity contribution in [2.24, 2.45) is 5.92 Å². The molecule has 0 bridgehead atoms. The molecule has 3 heterocycles. The molecule has 3 aromatic heterocycles. The van der Waals surface area contributed by atoms with E-state index in [0.717, 1.165) is 53.9 Å². The summed E-state index contributed by atoms with van der Waals surface area (Å²) in [6.07, 6.45) is 4.83. The van der Waals surface area contributed by atoms with E-state index in [4.69, 9.17) is 0 Å². The van der Waals surface area contributed by atoms with Gasteiger partial charge in [0, 0.05) is 29.7 Å². The smallest absolute Gasteiger partial charge is 0.296 e. The Bertz CT molecular complexity index is 1250. The van der Waals surface area contributed by atoms with Crippen LogP contribution in [0.25, 0.3) is 22.6 Å². The van der Waals surface area contributed by atoms with Crippen LogP contribution in [0.2, 0.25) is 0 Å². The zero-order valence-electron chi connectivity index (χ0n) is 19.7. The van der Waals surface area contributed by atoms with Gasteiger partial charge in [-0.25, -0.2) is 9.89 Å². The maximum Gasteiger partial charge on any atom is 0.328 e. The Hall–Kier alpha value is -3.55. The predicted octanol–water partition coefficient (Wildman–Crippen LogP) is 4.25. The van der Waals surface area contributed by atoms with Crippen molar-refractivity contribution >= 4 is 0 Å². The standard InChI is InChI=1S/C25H31N7O/c1-5-6-9-22-18(4)31(15-17(2)3)25(33)32(22)16-19-10-12-20(13-11-19)21-8-7-14-26-23(21)24-27-29-30-28-24/h7-8,10-14,17H,5-6,9,15-16H2,1-4H3,(H,27,28,29,30). The fourth-order valence-electron chi connectivity index (χ4n) is 4.22. The number of pyridine rings is 1. The Kier molecular flexibility index (Phi) is 6.82. The van der Waals surface area contributed by atoms with Crippen LogP contribution in [0.5, 0.6) is 0 Å². The second-order valence-electron chi connectivity index (χ2n) is 8.86. The van der Waals surface area contributed by atoms with Gasteiger partial charge in [0.25, 0.3) is 0 Å². The number of tetrazole rings is 1. The summed E-state index contributed by atoms with van der Waals surface area (Å²) in [5, 5.41) is 14.1. The van der Waals surface area contributed by atoms with Crippen LogP contribution in [-0.2, 0) is 19.5 Å². The average molecular weight is 446 g/mol. The number of nitrogens with one attached hydrogen (secondary N) is 1. The zero-order valence-corrected chi connectivity index (χ0v) is 19.7. The van der Waals surface area contributed by atoms with Gasteiger partial charge in [-0.3, -0.25) is 14.1 Å². The molecule has 8 nitrogen and oxygen atoms in total. The van der Waals surface area contributed by atoms with Crippen molar-refractivity contribution in [3.8, 4) is 22.6 Å². The molecule has 0 atom stereocenters. The molecule has 4 aromatic rings. The second-order valence-corrected chi connectivity index (χ2v) is 8.86. The van der Waals surface area contributed by atoms with Crippen molar-refractivity contribution in [1.29, 1.82) is 0 Å². The summed E-state index contributed by atoms with van der Waals surface area (Å²) in [6.45, 7) is 9.87. The van der Waals surface area contributed by atoms with Gasteiger partial charge in [-0.1, -0.05) is 57.5 Å². The highest BCUT2D eigenvalue weighted by Gasteiger charge is 2.18. The second kappa shape index (κ2) is 9.94. The van der Waals surface area contributed by atoms with Gasteiger partial charge >= 0.3 is 5.69 Å². The summed E-state index contributed by atoms with van der Waals surface area (Å²) >= 11 is 0. The number of hydrogen-bond donors (Lipinski definition) is 1. The van der Waals surface area contributed by atoms with Crippen LogP contribution in [0.4, 0.5) is 0 Å². The molecule has 8 heteroatoms. The van der Waals surface area contributed by atoms with E-state index in [9.17, 15) is 4.79 Å². The summed E-state index contributed by atoms with van der Waals surface area (Å²) in [4.78, 5) is 17.7. The lowest BCUT2D eigenvalue weighted by atomic mass is 10.0. The number of benzene rings is 1. The minimum Gasteiger partial charge on any atom is -0.296 e. The highest BCUT2D eigenvalue weighted by Crippen LogP contribution is 2.28. The predicted molar refractivity (Wildman–Crippen MR) is 129 cm³/mol. The Morgan fingerprint density at radius 3 is 2.55 bits per heavy atom. The van der Waals surface area contributed by atoms with Gasteiger partial charge in [0.2, 0.25) is 0 Å². The summed E-state index contributed by atoms with van der Waals surface area (Å²) in [5.41, 5.74) is 6.09. The Balaban J connectivity index is 1.65. The monoisotopic (exact) mass is 445 g/mol. The Morgan fingerprint density at radius 2 is 1.88 bits per heavy atom. The molecule has 0 spiro atoms. The van der Waals surface area contributed by atoms with Crippen molar-refractivity contribution in [3.05, 3.63) is 70.0 Å². The molecule has 0 fully saturated rings. The van der Waals surface area contributed by atoms with Gasteiger partial charge in [0.1, 0.15) is 5.69 Å². The first-order chi connectivity index (χ1) is 16.0. The Labute approximate surface area is 193 Å². The van der Waals surface area contributed by atoms with Gasteiger partial charge in [-0.2, -0.15) is 0 Å². The number of H-pyrrole nitrogens is 1. The van der Waals surface area contributed by atoms with Crippen LogP contribution in [-0.4, -0.2) is 34.7 Å². The largest absolute Gasteiger partial charge is 0.328 e. The van der Waals surface area contributed by atoms with Gasteiger partial charge < -0.3 is 0 Å². The zero-order chi connectivity index (χ0) is 23.4. The molecule has 1 N–H and O–H groups in total. The van der Waals surface area contributed by atoms with E-state index < -0.39 is 0 Å². The minimum atomic E-state index is 0.0868. The molecule has 0 unspecified atom stereocenters. The first-order valence-electron chi connectivity index (χ1n) is 11.6. The lowest BCUT2D eigenvalue weighted by molar-refractivity contribution is 0.497. The number of aromatic amines is 1. The minimum absolute atomic E-state index is 0.0868. The van der Waals surface area contributed by atoms with E-state index in [0.29, 0.717) is 24.0 Å². The van der Waals surface area contributed by atoms with Crippen molar-refractivity contribution in [1.82, 2.24) is 34.7 Å². The molecular formula is C25H31N7O. The molecule has 0 aliphatic rings. The molecule has 0 aliphatic heterocycles. The van der Waals surface area contributed by atoms with Crippen LogP contribution in [0.15, 0.2) is 47.4 Å². The van der Waals surface area contributed by atoms with Gasteiger partial charge in [0.05, 0.1) is 6.54 Å². The number of imidazole rings is 1. The van der Waals surface area contributed by atoms with E-state index in [1.807, 2.05) is 21.3 Å². The van der Waals surface area contributed by atoms with Gasteiger partial charge in [-0.05, 0) is 53.3 Å². The van der Waals surface area contributed by atoms with Crippen LogP contribution in [0.1, 0.15) is 50.6 Å². The third-order valence-electron chi connectivity index (χ3n) is 5.91. The number of nitrogens with zero attached hydrogens (tertiary/aromatic N) is 6. The summed E-state index contributed by atoms with van der Waals surface area (Å²) in [5.74, 6) is 0.951. The number of rotatable bonds is 9. The van der Waals surface area contributed by atoms with Crippen molar-refractivity contribution in [3.63, 3.8) is 0 Å². The summed E-state index contributed by atoms with van der Waals surface area (Å²) < 4.78 is 3.90. The molecule has 0 saturated carbocycles. The summed E-state index contributed by atoms with van der Waals surface area (Å²) in [7, 11) is 0. The maximum atomic E-state index is 13.3. The number of hydrogen-bond acceptors (Lipinski definition) is 5. The fourth-order valence-corrected chi connectivity index (χ4v) is 4.22. The highest BCUT2D eigenvalue weighted by molar-refractivity contribution is 5.77. The molecule has 1 aromatic carbocycles. The molecule has 0 radical (unpaired) electrons. The third kappa shape index (κ3) is 4.79. The maximum absolute atomic E-state index is 13.3. The third-order valence-corrected chi connectivity index (χ3v) is 5.91. The number of unbranched alkanes of at least 4 members (excludes halogenated alkanes) is 1. The van der Waals surface area contributed by atoms with Crippen LogP contribution in [0.3, 0.4) is 0 Å². The molecular weight excluding hydrogens is 414 g/mol. The van der Waals surface area contributed by atoms with E-state index >= 15 is 0 Å².